The third-order valence-electron chi connectivity index (χ3n) is 9.38. The van der Waals surface area contributed by atoms with E-state index < -0.39 is 76.5 Å². The number of hydrogen-bond donors (Lipinski definition) is 4. The van der Waals surface area contributed by atoms with Crippen LogP contribution in [0.1, 0.15) is 80.6 Å². The summed E-state index contributed by atoms with van der Waals surface area (Å²) < 4.78 is 4.76. The number of terminal acetylenes is 1. The second-order valence-electron chi connectivity index (χ2n) is 14.7. The van der Waals surface area contributed by atoms with Crippen molar-refractivity contribution >= 4 is 35.6 Å². The Morgan fingerprint density at radius 1 is 1.02 bits per heavy atom. The van der Waals surface area contributed by atoms with E-state index >= 15 is 0 Å². The van der Waals surface area contributed by atoms with Crippen LogP contribution in [-0.4, -0.2) is 96.8 Å². The molecule has 0 aromatic carbocycles. The summed E-state index contributed by atoms with van der Waals surface area (Å²) in [5.41, 5.74) is 3.75. The Kier molecular flexibility index (Phi) is 13.1. The largest absolute Gasteiger partial charge is 0.453 e. The Morgan fingerprint density at radius 2 is 1.63 bits per heavy atom. The zero-order chi connectivity index (χ0) is 35.1. The number of nitrogens with two attached hydrogens (primary N) is 1. The fraction of sp³-hybridized carbons (Fsp3) is 0.758. The lowest BCUT2D eigenvalue weighted by atomic mass is 9.74. The summed E-state index contributed by atoms with van der Waals surface area (Å²) in [7, 11) is 2.83. The van der Waals surface area contributed by atoms with Gasteiger partial charge in [0.05, 0.1) is 19.2 Å². The van der Waals surface area contributed by atoms with E-state index in [0.29, 0.717) is 6.42 Å². The number of urea groups is 1. The molecule has 6 amide bonds. The van der Waals surface area contributed by atoms with Gasteiger partial charge in [-0.05, 0) is 43.9 Å². The molecule has 5 N–H and O–H groups in total. The minimum atomic E-state index is -1.13. The Bertz CT molecular complexity index is 1200. The van der Waals surface area contributed by atoms with Crippen LogP contribution in [0.25, 0.3) is 0 Å². The molecule has 13 nitrogen and oxygen atoms in total. The van der Waals surface area contributed by atoms with E-state index in [2.05, 4.69) is 21.9 Å². The summed E-state index contributed by atoms with van der Waals surface area (Å²) in [5.74, 6) is -0.694. The average Bonchev–Trinajstić information content (AvgIpc) is 3.41. The van der Waals surface area contributed by atoms with E-state index in [0.717, 1.165) is 19.3 Å². The van der Waals surface area contributed by atoms with Crippen LogP contribution in [0, 0.1) is 40.9 Å². The fourth-order valence-corrected chi connectivity index (χ4v) is 6.05. The van der Waals surface area contributed by atoms with Gasteiger partial charge >= 0.3 is 12.1 Å². The number of ether oxygens (including phenoxy) is 1. The molecule has 1 heterocycles. The number of primary amides is 1. The summed E-state index contributed by atoms with van der Waals surface area (Å²) in [6.07, 6.45) is 8.81. The van der Waals surface area contributed by atoms with E-state index in [1.54, 1.807) is 27.8 Å². The minimum Gasteiger partial charge on any atom is -0.453 e. The van der Waals surface area contributed by atoms with E-state index in [4.69, 9.17) is 16.9 Å². The van der Waals surface area contributed by atoms with Crippen molar-refractivity contribution in [2.75, 3.05) is 27.2 Å². The zero-order valence-electron chi connectivity index (χ0n) is 28.9. The van der Waals surface area contributed by atoms with Crippen LogP contribution in [0.4, 0.5) is 9.59 Å². The number of Topliss-reactive ketones (excluding diaryl/α,β-unsaturated/α-hetero) is 1. The van der Waals surface area contributed by atoms with E-state index in [1.165, 1.54) is 16.9 Å². The van der Waals surface area contributed by atoms with Gasteiger partial charge in [-0.1, -0.05) is 53.9 Å². The first kappa shape index (κ1) is 38.4. The molecular formula is C33H54N6O7. The molecule has 2 rings (SSSR count). The number of methoxy groups -OCH3 is 1. The van der Waals surface area contributed by atoms with Crippen molar-refractivity contribution in [3.8, 4) is 12.3 Å². The highest BCUT2D eigenvalue weighted by atomic mass is 16.5. The average molecular weight is 647 g/mol. The van der Waals surface area contributed by atoms with Crippen LogP contribution < -0.4 is 21.7 Å². The van der Waals surface area contributed by atoms with Gasteiger partial charge in [-0.2, -0.15) is 0 Å². The Labute approximate surface area is 273 Å². The summed E-state index contributed by atoms with van der Waals surface area (Å²) in [5, 5.41) is 8.43. The molecule has 2 fully saturated rings. The van der Waals surface area contributed by atoms with Crippen molar-refractivity contribution in [3.05, 3.63) is 0 Å². The molecule has 0 aromatic heterocycles. The summed E-state index contributed by atoms with van der Waals surface area (Å²) in [6, 6.07) is -4.30. The van der Waals surface area contributed by atoms with Crippen LogP contribution in [0.2, 0.25) is 0 Å². The predicted molar refractivity (Wildman–Crippen MR) is 173 cm³/mol. The maximum absolute atomic E-state index is 14.3. The van der Waals surface area contributed by atoms with Gasteiger partial charge in [-0.15, -0.1) is 12.3 Å². The molecule has 0 aromatic rings. The van der Waals surface area contributed by atoms with Crippen LogP contribution in [0.3, 0.4) is 0 Å². The van der Waals surface area contributed by atoms with E-state index in [9.17, 15) is 28.8 Å². The second-order valence-corrected chi connectivity index (χ2v) is 14.7. The molecule has 1 saturated carbocycles. The molecule has 1 unspecified atom stereocenters. The van der Waals surface area contributed by atoms with Crippen LogP contribution in [0.5, 0.6) is 0 Å². The lowest BCUT2D eigenvalue weighted by molar-refractivity contribution is -0.145. The topological polar surface area (TPSA) is 180 Å². The standard InChI is InChI=1S/C33H54N6O7/c1-11-33(7,8)21-15-16-39(24(21)28(42)35-22(25(40)27(34)41)17-20-13-12-14-20)29(43)26(32(4,5)6)37-30(44)36-23(19(2)3)18-38(9)31(45)46-10/h1,19-24,26H,12-18H2,2-10H3,(H2,34,41)(H,35,42)(H2,36,37,44)/t21-,22?,23+,24-,26+/m0/s1. The highest BCUT2D eigenvalue weighted by Gasteiger charge is 2.51. The highest BCUT2D eigenvalue weighted by molar-refractivity contribution is 6.37. The third kappa shape index (κ3) is 9.59. The first-order chi connectivity index (χ1) is 21.2. The van der Waals surface area contributed by atoms with Crippen LogP contribution in [0.15, 0.2) is 0 Å². The predicted octanol–water partition coefficient (Wildman–Crippen LogP) is 2.03. The molecule has 0 radical (unpaired) electrons. The number of nitrogens with zero attached hydrogens (tertiary/aromatic N) is 2. The van der Waals surface area contributed by atoms with Gasteiger partial charge in [-0.25, -0.2) is 9.59 Å². The normalized spacial score (nSPS) is 20.4. The molecule has 46 heavy (non-hydrogen) atoms. The molecule has 0 spiro atoms. The molecule has 258 valence electrons. The number of carbonyl (C=O) groups is 6. The van der Waals surface area contributed by atoms with Crippen molar-refractivity contribution in [3.63, 3.8) is 0 Å². The van der Waals surface area contributed by atoms with Gasteiger partial charge < -0.3 is 36.2 Å². The zero-order valence-corrected chi connectivity index (χ0v) is 28.9. The van der Waals surface area contributed by atoms with Crippen molar-refractivity contribution in [2.24, 2.45) is 34.3 Å². The molecule has 1 aliphatic heterocycles. The lowest BCUT2D eigenvalue weighted by Crippen LogP contribution is -2.62. The monoisotopic (exact) mass is 646 g/mol. The number of carbonyl (C=O) groups excluding carboxylic acids is 6. The molecule has 13 heteroatoms. The third-order valence-corrected chi connectivity index (χ3v) is 9.38. The number of likely N-dealkylation sites (tertiary alicyclic amines) is 1. The lowest BCUT2D eigenvalue weighted by Gasteiger charge is -2.39. The summed E-state index contributed by atoms with van der Waals surface area (Å²) >= 11 is 0. The minimum absolute atomic E-state index is 0.0592. The number of nitrogens with one attached hydrogen (secondary N) is 3. The van der Waals surface area contributed by atoms with Crippen molar-refractivity contribution < 1.29 is 33.5 Å². The maximum atomic E-state index is 14.3. The van der Waals surface area contributed by atoms with Crippen LogP contribution in [-0.2, 0) is 23.9 Å². The molecule has 5 atom stereocenters. The molecule has 1 saturated heterocycles. The summed E-state index contributed by atoms with van der Waals surface area (Å²) in [4.78, 5) is 81.1. The Balaban J connectivity index is 2.38. The first-order valence-electron chi connectivity index (χ1n) is 16.0. The molecular weight excluding hydrogens is 592 g/mol. The number of hydrogen-bond acceptors (Lipinski definition) is 7. The number of ketones is 1. The SMILES string of the molecule is C#CC(C)(C)[C@H]1CCN(C(=O)[C@@H](NC(=O)N[C@H](CN(C)C(=O)OC)C(C)C)C(C)(C)C)[C@@H]1C(=O)NC(CC1CCC1)C(=O)C(N)=O. The van der Waals surface area contributed by atoms with E-state index in [1.807, 2.05) is 27.7 Å². The van der Waals surface area contributed by atoms with Crippen molar-refractivity contribution in [2.45, 2.75) is 105 Å². The van der Waals surface area contributed by atoms with Gasteiger partial charge in [0, 0.05) is 31.5 Å². The smallest absolute Gasteiger partial charge is 0.409 e. The Hall–Kier alpha value is -3.82. The van der Waals surface area contributed by atoms with Crippen LogP contribution >= 0.6 is 0 Å². The number of rotatable bonds is 13. The Morgan fingerprint density at radius 3 is 2.09 bits per heavy atom. The van der Waals surface area contributed by atoms with Gasteiger partial charge in [-0.3, -0.25) is 19.2 Å². The van der Waals surface area contributed by atoms with Gasteiger partial charge in [0.15, 0.2) is 0 Å². The fourth-order valence-electron chi connectivity index (χ4n) is 6.05. The van der Waals surface area contributed by atoms with Gasteiger partial charge in [0.25, 0.3) is 5.91 Å². The van der Waals surface area contributed by atoms with Crippen molar-refractivity contribution in [1.82, 2.24) is 25.8 Å². The number of amides is 6. The number of likely N-dealkylation sites (N-methyl/N-ethyl adjacent to an activating group) is 1. The first-order valence-corrected chi connectivity index (χ1v) is 16.0. The highest BCUT2D eigenvalue weighted by Crippen LogP contribution is 2.40. The van der Waals surface area contributed by atoms with E-state index in [-0.39, 0.29) is 31.3 Å². The maximum Gasteiger partial charge on any atom is 0.409 e. The quantitative estimate of drug-likeness (QED) is 0.175. The van der Waals surface area contributed by atoms with Crippen molar-refractivity contribution in [1.29, 1.82) is 0 Å². The molecule has 1 aliphatic carbocycles. The second kappa shape index (κ2) is 15.6. The molecule has 0 bridgehead atoms. The molecule has 2 aliphatic rings. The summed E-state index contributed by atoms with van der Waals surface area (Å²) in [6.45, 7) is 13.2. The van der Waals surface area contributed by atoms with Gasteiger partial charge in [0.1, 0.15) is 12.1 Å². The van der Waals surface area contributed by atoms with Gasteiger partial charge in [0.2, 0.25) is 17.6 Å².